The molecule has 0 saturated heterocycles. The number of H-pyrrole nitrogens is 1. The summed E-state index contributed by atoms with van der Waals surface area (Å²) in [6.07, 6.45) is 0. The lowest BCUT2D eigenvalue weighted by Gasteiger charge is -1.90. The van der Waals surface area contributed by atoms with Gasteiger partial charge in [-0.15, -0.1) is 11.3 Å². The van der Waals surface area contributed by atoms with Crippen LogP contribution >= 0.6 is 27.3 Å². The van der Waals surface area contributed by atoms with Crippen LogP contribution in [0.4, 0.5) is 0 Å². The Kier molecular flexibility index (Phi) is 3.00. The van der Waals surface area contributed by atoms with E-state index >= 15 is 0 Å². The fourth-order valence-electron chi connectivity index (χ4n) is 1.22. The summed E-state index contributed by atoms with van der Waals surface area (Å²) in [4.78, 5) is 1.18. The molecular formula is C9H10BrN3S. The van der Waals surface area contributed by atoms with Crippen molar-refractivity contribution in [2.45, 2.75) is 6.54 Å². The summed E-state index contributed by atoms with van der Waals surface area (Å²) in [6.45, 7) is 0.819. The highest BCUT2D eigenvalue weighted by molar-refractivity contribution is 9.11. The normalized spacial score (nSPS) is 10.7. The molecule has 5 heteroatoms. The molecular weight excluding hydrogens is 262 g/mol. The van der Waals surface area contributed by atoms with Crippen LogP contribution in [0.5, 0.6) is 0 Å². The van der Waals surface area contributed by atoms with Gasteiger partial charge < -0.3 is 5.32 Å². The molecule has 0 radical (unpaired) electrons. The third-order valence-electron chi connectivity index (χ3n) is 1.82. The molecule has 2 aromatic heterocycles. The SMILES string of the molecule is CNCc1cc(-c2ccc(Br)s2)n[nH]1. The Morgan fingerprint density at radius 1 is 1.57 bits per heavy atom. The van der Waals surface area contributed by atoms with Gasteiger partial charge >= 0.3 is 0 Å². The first kappa shape index (κ1) is 9.89. The monoisotopic (exact) mass is 271 g/mol. The molecule has 0 spiro atoms. The summed E-state index contributed by atoms with van der Waals surface area (Å²) in [5, 5.41) is 10.3. The first-order valence-electron chi connectivity index (χ1n) is 4.24. The second-order valence-electron chi connectivity index (χ2n) is 2.91. The first-order chi connectivity index (χ1) is 6.79. The van der Waals surface area contributed by atoms with E-state index in [0.717, 1.165) is 21.7 Å². The Hall–Kier alpha value is -0.650. The maximum atomic E-state index is 4.24. The number of hydrogen-bond donors (Lipinski definition) is 2. The van der Waals surface area contributed by atoms with Gasteiger partial charge in [0.1, 0.15) is 5.69 Å². The van der Waals surface area contributed by atoms with E-state index in [1.807, 2.05) is 13.1 Å². The van der Waals surface area contributed by atoms with Crippen LogP contribution < -0.4 is 5.32 Å². The lowest BCUT2D eigenvalue weighted by molar-refractivity contribution is 0.784. The Morgan fingerprint density at radius 3 is 3.07 bits per heavy atom. The van der Waals surface area contributed by atoms with Crippen molar-refractivity contribution in [3.05, 3.63) is 27.7 Å². The van der Waals surface area contributed by atoms with Crippen LogP contribution in [0.1, 0.15) is 5.69 Å². The highest BCUT2D eigenvalue weighted by atomic mass is 79.9. The van der Waals surface area contributed by atoms with E-state index in [1.165, 1.54) is 4.88 Å². The van der Waals surface area contributed by atoms with Crippen molar-refractivity contribution < 1.29 is 0 Å². The number of nitrogens with one attached hydrogen (secondary N) is 2. The molecule has 0 saturated carbocycles. The van der Waals surface area contributed by atoms with Crippen molar-refractivity contribution in [2.24, 2.45) is 0 Å². The molecule has 0 aliphatic carbocycles. The lowest BCUT2D eigenvalue weighted by Crippen LogP contribution is -2.04. The molecule has 2 rings (SSSR count). The Bertz CT molecular complexity index is 421. The van der Waals surface area contributed by atoms with Crippen molar-refractivity contribution in [1.29, 1.82) is 0 Å². The van der Waals surface area contributed by atoms with Gasteiger partial charge in [0, 0.05) is 12.2 Å². The van der Waals surface area contributed by atoms with Gasteiger partial charge in [-0.1, -0.05) is 0 Å². The predicted molar refractivity (Wildman–Crippen MR) is 62.4 cm³/mol. The average Bonchev–Trinajstić information content (AvgIpc) is 2.74. The van der Waals surface area contributed by atoms with Gasteiger partial charge in [-0.2, -0.15) is 5.10 Å². The first-order valence-corrected chi connectivity index (χ1v) is 5.85. The molecule has 0 amide bonds. The van der Waals surface area contributed by atoms with E-state index in [2.05, 4.69) is 43.6 Å². The fraction of sp³-hybridized carbons (Fsp3) is 0.222. The topological polar surface area (TPSA) is 40.7 Å². The minimum absolute atomic E-state index is 0.819. The van der Waals surface area contributed by atoms with Crippen LogP contribution in [-0.4, -0.2) is 17.2 Å². The Labute approximate surface area is 94.7 Å². The number of rotatable bonds is 3. The van der Waals surface area contributed by atoms with Crippen LogP contribution in [-0.2, 0) is 6.54 Å². The number of aromatic amines is 1. The molecule has 74 valence electrons. The van der Waals surface area contributed by atoms with E-state index in [0.29, 0.717) is 0 Å². The summed E-state index contributed by atoms with van der Waals surface area (Å²) >= 11 is 5.12. The van der Waals surface area contributed by atoms with Crippen molar-refractivity contribution in [3.63, 3.8) is 0 Å². The number of hydrogen-bond acceptors (Lipinski definition) is 3. The van der Waals surface area contributed by atoms with Gasteiger partial charge in [0.2, 0.25) is 0 Å². The van der Waals surface area contributed by atoms with Gasteiger partial charge in [-0.25, -0.2) is 0 Å². The van der Waals surface area contributed by atoms with Crippen LogP contribution in [0, 0.1) is 0 Å². The summed E-state index contributed by atoms with van der Waals surface area (Å²) < 4.78 is 1.13. The van der Waals surface area contributed by atoms with Crippen LogP contribution in [0.25, 0.3) is 10.6 Å². The minimum Gasteiger partial charge on any atom is -0.314 e. The van der Waals surface area contributed by atoms with Crippen LogP contribution in [0.15, 0.2) is 22.0 Å². The fourth-order valence-corrected chi connectivity index (χ4v) is 2.57. The Morgan fingerprint density at radius 2 is 2.43 bits per heavy atom. The van der Waals surface area contributed by atoms with Gasteiger partial charge in [-0.3, -0.25) is 5.10 Å². The molecule has 0 atom stereocenters. The summed E-state index contributed by atoms with van der Waals surface area (Å²) in [5.41, 5.74) is 2.11. The maximum absolute atomic E-state index is 4.24. The minimum atomic E-state index is 0.819. The van der Waals surface area contributed by atoms with Crippen LogP contribution in [0.2, 0.25) is 0 Å². The molecule has 2 heterocycles. The van der Waals surface area contributed by atoms with Gasteiger partial charge in [0.15, 0.2) is 0 Å². The van der Waals surface area contributed by atoms with E-state index in [4.69, 9.17) is 0 Å². The second-order valence-corrected chi connectivity index (χ2v) is 5.38. The second kappa shape index (κ2) is 4.25. The smallest absolute Gasteiger partial charge is 0.102 e. The number of halogens is 1. The highest BCUT2D eigenvalue weighted by Gasteiger charge is 2.05. The molecule has 0 fully saturated rings. The molecule has 2 N–H and O–H groups in total. The lowest BCUT2D eigenvalue weighted by atomic mass is 10.3. The van der Waals surface area contributed by atoms with E-state index in [1.54, 1.807) is 11.3 Å². The summed E-state index contributed by atoms with van der Waals surface area (Å²) in [5.74, 6) is 0. The van der Waals surface area contributed by atoms with E-state index in [9.17, 15) is 0 Å². The quantitative estimate of drug-likeness (QED) is 0.901. The number of aromatic nitrogens is 2. The highest BCUT2D eigenvalue weighted by Crippen LogP contribution is 2.30. The molecule has 2 aromatic rings. The van der Waals surface area contributed by atoms with Gasteiger partial charge in [0.25, 0.3) is 0 Å². The Balaban J connectivity index is 2.24. The third-order valence-corrected chi connectivity index (χ3v) is 3.47. The largest absolute Gasteiger partial charge is 0.314 e. The van der Waals surface area contributed by atoms with Gasteiger partial charge in [-0.05, 0) is 41.2 Å². The van der Waals surface area contributed by atoms with E-state index in [-0.39, 0.29) is 0 Å². The zero-order valence-corrected chi connectivity index (χ0v) is 10.1. The van der Waals surface area contributed by atoms with Gasteiger partial charge in [0.05, 0.1) is 8.66 Å². The standard InChI is InChI=1S/C9H10BrN3S/c1-11-5-6-4-7(13-12-6)8-2-3-9(10)14-8/h2-4,11H,5H2,1H3,(H,12,13). The summed E-state index contributed by atoms with van der Waals surface area (Å²) in [6, 6.07) is 6.16. The molecule has 0 unspecified atom stereocenters. The molecule has 0 aliphatic heterocycles. The molecule has 0 aliphatic rings. The zero-order chi connectivity index (χ0) is 9.97. The summed E-state index contributed by atoms with van der Waals surface area (Å²) in [7, 11) is 1.92. The third kappa shape index (κ3) is 2.05. The van der Waals surface area contributed by atoms with Crippen molar-refractivity contribution >= 4 is 27.3 Å². The van der Waals surface area contributed by atoms with E-state index < -0.39 is 0 Å². The zero-order valence-electron chi connectivity index (χ0n) is 7.67. The molecule has 0 aromatic carbocycles. The number of nitrogens with zero attached hydrogens (tertiary/aromatic N) is 1. The molecule has 14 heavy (non-hydrogen) atoms. The molecule has 0 bridgehead atoms. The maximum Gasteiger partial charge on any atom is 0.102 e. The average molecular weight is 272 g/mol. The predicted octanol–water partition coefficient (Wildman–Crippen LogP) is 2.62. The molecule has 3 nitrogen and oxygen atoms in total. The van der Waals surface area contributed by atoms with Crippen molar-refractivity contribution in [3.8, 4) is 10.6 Å². The van der Waals surface area contributed by atoms with Crippen LogP contribution in [0.3, 0.4) is 0 Å². The number of thiophene rings is 1. The van der Waals surface area contributed by atoms with Crippen molar-refractivity contribution in [1.82, 2.24) is 15.5 Å². The van der Waals surface area contributed by atoms with Crippen molar-refractivity contribution in [2.75, 3.05) is 7.05 Å².